The monoisotopic (exact) mass is 558 g/mol. The van der Waals surface area contributed by atoms with Gasteiger partial charge in [-0.15, -0.1) is 0 Å². The zero-order valence-electron chi connectivity index (χ0n) is 16.5. The summed E-state index contributed by atoms with van der Waals surface area (Å²) >= 11 is 13.9. The van der Waals surface area contributed by atoms with E-state index in [0.29, 0.717) is 22.8 Å². The largest absolute Gasteiger partial charge is 0.465 e. The van der Waals surface area contributed by atoms with Crippen LogP contribution in [-0.4, -0.2) is 22.9 Å². The number of hydrogen-bond donors (Lipinski definition) is 0. The molecular formula is C24H17Br2ClN2O2. The van der Waals surface area contributed by atoms with E-state index in [9.17, 15) is 4.79 Å². The van der Waals surface area contributed by atoms with Crippen molar-refractivity contribution in [2.45, 2.75) is 6.54 Å². The molecule has 0 aliphatic heterocycles. The molecule has 4 nitrogen and oxygen atoms in total. The third kappa shape index (κ3) is 4.76. The van der Waals surface area contributed by atoms with Crippen LogP contribution in [-0.2, 0) is 11.3 Å². The Morgan fingerprint density at radius 2 is 1.58 bits per heavy atom. The smallest absolute Gasteiger partial charge is 0.337 e. The van der Waals surface area contributed by atoms with Crippen LogP contribution in [0.15, 0.2) is 81.7 Å². The van der Waals surface area contributed by atoms with Crippen LogP contribution >= 0.6 is 43.5 Å². The fourth-order valence-corrected chi connectivity index (χ4v) is 4.48. The number of carbonyl (C=O) groups excluding carboxylic acids is 1. The van der Waals surface area contributed by atoms with Crippen LogP contribution in [0.2, 0.25) is 5.02 Å². The van der Waals surface area contributed by atoms with E-state index < -0.39 is 0 Å². The van der Waals surface area contributed by atoms with Crippen molar-refractivity contribution in [1.29, 1.82) is 0 Å². The predicted octanol–water partition coefficient (Wildman–Crippen LogP) is 7.23. The van der Waals surface area contributed by atoms with Gasteiger partial charge in [0, 0.05) is 20.1 Å². The van der Waals surface area contributed by atoms with E-state index in [1.54, 1.807) is 12.1 Å². The number of rotatable bonds is 5. The summed E-state index contributed by atoms with van der Waals surface area (Å²) in [6, 6.07) is 23.2. The third-order valence-electron chi connectivity index (χ3n) is 4.80. The van der Waals surface area contributed by atoms with E-state index in [1.165, 1.54) is 7.11 Å². The van der Waals surface area contributed by atoms with Crippen LogP contribution < -0.4 is 0 Å². The molecule has 4 rings (SSSR count). The van der Waals surface area contributed by atoms with Gasteiger partial charge < -0.3 is 4.74 Å². The first kappa shape index (κ1) is 21.8. The lowest BCUT2D eigenvalue weighted by Gasteiger charge is -2.09. The molecule has 0 saturated heterocycles. The average Bonchev–Trinajstić information content (AvgIpc) is 3.09. The predicted molar refractivity (Wildman–Crippen MR) is 130 cm³/mol. The minimum Gasteiger partial charge on any atom is -0.465 e. The van der Waals surface area contributed by atoms with Gasteiger partial charge >= 0.3 is 5.97 Å². The highest BCUT2D eigenvalue weighted by Crippen LogP contribution is 2.38. The summed E-state index contributed by atoms with van der Waals surface area (Å²) in [5.74, 6) is -0.361. The highest BCUT2D eigenvalue weighted by molar-refractivity contribution is 9.10. The van der Waals surface area contributed by atoms with Crippen LogP contribution in [0.3, 0.4) is 0 Å². The van der Waals surface area contributed by atoms with Gasteiger partial charge in [-0.1, -0.05) is 79.9 Å². The molecule has 0 N–H and O–H groups in total. The lowest BCUT2D eigenvalue weighted by molar-refractivity contribution is 0.0600. The summed E-state index contributed by atoms with van der Waals surface area (Å²) in [7, 11) is 1.37. The van der Waals surface area contributed by atoms with Gasteiger partial charge in [0.15, 0.2) is 0 Å². The SMILES string of the molecule is COC(=O)c1ccc(Cn2nc(-c3cccc(Br)c3)c(Cl)c2-c2cccc(Br)c2)cc1. The Hall–Kier alpha value is -2.41. The third-order valence-corrected chi connectivity index (χ3v) is 6.14. The fourth-order valence-electron chi connectivity index (χ4n) is 3.32. The van der Waals surface area contributed by atoms with E-state index in [0.717, 1.165) is 31.3 Å². The molecule has 0 aliphatic carbocycles. The highest BCUT2D eigenvalue weighted by atomic mass is 79.9. The van der Waals surface area contributed by atoms with Gasteiger partial charge in [-0.2, -0.15) is 5.10 Å². The molecule has 0 saturated carbocycles. The molecule has 4 aromatic rings. The zero-order chi connectivity index (χ0) is 22.0. The van der Waals surface area contributed by atoms with E-state index in [4.69, 9.17) is 21.4 Å². The molecule has 0 aliphatic rings. The summed E-state index contributed by atoms with van der Waals surface area (Å²) in [6.07, 6.45) is 0. The zero-order valence-corrected chi connectivity index (χ0v) is 20.4. The molecular weight excluding hydrogens is 544 g/mol. The van der Waals surface area contributed by atoms with Crippen molar-refractivity contribution >= 4 is 49.4 Å². The lowest BCUT2D eigenvalue weighted by Crippen LogP contribution is -2.05. The van der Waals surface area contributed by atoms with Gasteiger partial charge in [0.25, 0.3) is 0 Å². The number of nitrogens with zero attached hydrogens (tertiary/aromatic N) is 2. The second-order valence-electron chi connectivity index (χ2n) is 6.88. The van der Waals surface area contributed by atoms with Crippen molar-refractivity contribution in [3.05, 3.63) is 97.9 Å². The van der Waals surface area contributed by atoms with Gasteiger partial charge in [0.05, 0.1) is 29.9 Å². The number of hydrogen-bond acceptors (Lipinski definition) is 3. The minimum atomic E-state index is -0.361. The molecule has 0 fully saturated rings. The van der Waals surface area contributed by atoms with E-state index in [-0.39, 0.29) is 5.97 Å². The normalized spacial score (nSPS) is 10.8. The Labute approximate surface area is 202 Å². The van der Waals surface area contributed by atoms with Crippen LogP contribution in [0, 0.1) is 0 Å². The van der Waals surface area contributed by atoms with Gasteiger partial charge in [-0.05, 0) is 42.0 Å². The number of carbonyl (C=O) groups is 1. The first-order chi connectivity index (χ1) is 15.0. The van der Waals surface area contributed by atoms with Gasteiger partial charge in [0.1, 0.15) is 5.69 Å². The maximum absolute atomic E-state index is 11.7. The Morgan fingerprint density at radius 3 is 2.19 bits per heavy atom. The number of halogens is 3. The van der Waals surface area contributed by atoms with Crippen molar-refractivity contribution in [3.8, 4) is 22.5 Å². The highest BCUT2D eigenvalue weighted by Gasteiger charge is 2.20. The topological polar surface area (TPSA) is 44.1 Å². The first-order valence-electron chi connectivity index (χ1n) is 9.41. The fraction of sp³-hybridized carbons (Fsp3) is 0.0833. The van der Waals surface area contributed by atoms with Crippen LogP contribution in [0.25, 0.3) is 22.5 Å². The second-order valence-corrected chi connectivity index (χ2v) is 9.09. The van der Waals surface area contributed by atoms with Crippen molar-refractivity contribution < 1.29 is 9.53 Å². The number of aromatic nitrogens is 2. The van der Waals surface area contributed by atoms with Gasteiger partial charge in [0.2, 0.25) is 0 Å². The maximum Gasteiger partial charge on any atom is 0.337 e. The van der Waals surface area contributed by atoms with Gasteiger partial charge in [-0.3, -0.25) is 4.68 Å². The Bertz CT molecular complexity index is 1250. The first-order valence-corrected chi connectivity index (χ1v) is 11.4. The van der Waals surface area contributed by atoms with Crippen molar-refractivity contribution in [3.63, 3.8) is 0 Å². The Morgan fingerprint density at radius 1 is 0.968 bits per heavy atom. The minimum absolute atomic E-state index is 0.361. The number of esters is 1. The van der Waals surface area contributed by atoms with Crippen LogP contribution in [0.4, 0.5) is 0 Å². The quantitative estimate of drug-likeness (QED) is 0.242. The molecule has 0 radical (unpaired) electrons. The summed E-state index contributed by atoms with van der Waals surface area (Å²) < 4.78 is 8.59. The molecule has 0 unspecified atom stereocenters. The maximum atomic E-state index is 11.7. The number of methoxy groups -OCH3 is 1. The van der Waals surface area contributed by atoms with E-state index in [2.05, 4.69) is 31.9 Å². The number of ether oxygens (including phenoxy) is 1. The molecule has 156 valence electrons. The molecule has 31 heavy (non-hydrogen) atoms. The molecule has 0 bridgehead atoms. The summed E-state index contributed by atoms with van der Waals surface area (Å²) in [5, 5.41) is 5.44. The molecule has 0 amide bonds. The molecule has 0 spiro atoms. The second kappa shape index (κ2) is 9.39. The molecule has 3 aromatic carbocycles. The van der Waals surface area contributed by atoms with E-state index >= 15 is 0 Å². The average molecular weight is 561 g/mol. The van der Waals surface area contributed by atoms with Crippen molar-refractivity contribution in [1.82, 2.24) is 9.78 Å². The lowest BCUT2D eigenvalue weighted by atomic mass is 10.1. The molecule has 7 heteroatoms. The van der Waals surface area contributed by atoms with Gasteiger partial charge in [-0.25, -0.2) is 4.79 Å². The molecule has 1 heterocycles. The standard InChI is InChI=1S/C24H17Br2ClN2O2/c1-31-24(30)16-10-8-15(9-11-16)14-29-23(18-5-3-7-20(26)13-18)21(27)22(28-29)17-4-2-6-19(25)12-17/h2-13H,14H2,1H3. The molecule has 1 aromatic heterocycles. The van der Waals surface area contributed by atoms with Crippen LogP contribution in [0.5, 0.6) is 0 Å². The van der Waals surface area contributed by atoms with Crippen molar-refractivity contribution in [2.24, 2.45) is 0 Å². The van der Waals surface area contributed by atoms with E-state index in [1.807, 2.05) is 65.3 Å². The summed E-state index contributed by atoms with van der Waals surface area (Å²) in [4.78, 5) is 11.7. The molecule has 0 atom stereocenters. The number of benzene rings is 3. The summed E-state index contributed by atoms with van der Waals surface area (Å²) in [5.41, 5.74) is 4.92. The van der Waals surface area contributed by atoms with Crippen molar-refractivity contribution in [2.75, 3.05) is 7.11 Å². The Balaban J connectivity index is 1.80. The Kier molecular flexibility index (Phi) is 6.60. The van der Waals surface area contributed by atoms with Crippen LogP contribution in [0.1, 0.15) is 15.9 Å². The summed E-state index contributed by atoms with van der Waals surface area (Å²) in [6.45, 7) is 0.497.